The smallest absolute Gasteiger partial charge is 0.311 e. The minimum Gasteiger partial charge on any atom is -0.433 e. The zero-order valence-corrected chi connectivity index (χ0v) is 49.1. The Morgan fingerprint density at radius 1 is 0.513 bits per heavy atom. The third-order valence-electron chi connectivity index (χ3n) is 16.6. The van der Waals surface area contributed by atoms with Gasteiger partial charge in [-0.1, -0.05) is 225 Å². The van der Waals surface area contributed by atoms with E-state index in [2.05, 4.69) is 287 Å². The van der Waals surface area contributed by atoms with Gasteiger partial charge in [-0.05, 0) is 173 Å². The molecule has 0 fully saturated rings. The lowest BCUT2D eigenvalue weighted by Gasteiger charge is -2.39. The molecule has 0 N–H and O–H groups in total. The SMILES string of the molecule is C[Si](C)(O[Si](C)(C)c1ccc(/C=C/c2ccc(CC3C4=CCCC=C4c4ccccc4C4C=CC=C[C@H]34)cc2)cc1)O[Si](C)(C)c1ccc(/C=C/c2ccc(N3C4=C(C=CCC4)c4ccccc4-c4ccccc43)cc2)cc1. The second-order valence-corrected chi connectivity index (χ2v) is 34.8. The van der Waals surface area contributed by atoms with Crippen LogP contribution in [0.1, 0.15) is 76.1 Å². The highest BCUT2D eigenvalue weighted by Crippen LogP contribution is 2.51. The van der Waals surface area contributed by atoms with E-state index in [4.69, 9.17) is 8.23 Å². The Morgan fingerprint density at radius 3 is 1.68 bits per heavy atom. The summed E-state index contributed by atoms with van der Waals surface area (Å²) < 4.78 is 14.3. The fourth-order valence-electron chi connectivity index (χ4n) is 13.0. The lowest BCUT2D eigenvalue weighted by Crippen LogP contribution is -2.59. The Kier molecular flexibility index (Phi) is 14.3. The molecule has 4 aliphatic carbocycles. The zero-order chi connectivity index (χ0) is 53.4. The topological polar surface area (TPSA) is 21.7 Å². The monoisotopic (exact) mass is 1070 g/mol. The number of rotatable bonds is 13. The number of hydrogen-bond donors (Lipinski definition) is 0. The van der Waals surface area contributed by atoms with Crippen molar-refractivity contribution in [2.24, 2.45) is 11.8 Å². The molecule has 7 aromatic carbocycles. The molecule has 0 aromatic heterocycles. The van der Waals surface area contributed by atoms with Gasteiger partial charge in [-0.2, -0.15) is 0 Å². The molecule has 1 heterocycles. The normalized spacial score (nSPS) is 18.8. The van der Waals surface area contributed by atoms with E-state index in [1.165, 1.54) is 99.8 Å². The van der Waals surface area contributed by atoms with E-state index in [9.17, 15) is 0 Å². The van der Waals surface area contributed by atoms with Crippen LogP contribution in [0.3, 0.4) is 0 Å². The second-order valence-electron chi connectivity index (χ2n) is 23.2. The average Bonchev–Trinajstić information content (AvgIpc) is 3.78. The summed E-state index contributed by atoms with van der Waals surface area (Å²) in [6.45, 7) is 13.7. The van der Waals surface area contributed by atoms with Crippen LogP contribution in [0.15, 0.2) is 230 Å². The number of benzene rings is 7. The van der Waals surface area contributed by atoms with E-state index in [-0.39, 0.29) is 0 Å². The zero-order valence-electron chi connectivity index (χ0n) is 46.1. The Labute approximate surface area is 467 Å². The summed E-state index contributed by atoms with van der Waals surface area (Å²) in [5.41, 5.74) is 21.0. The molecule has 0 saturated carbocycles. The van der Waals surface area contributed by atoms with E-state index in [1.807, 2.05) is 0 Å². The van der Waals surface area contributed by atoms with Crippen LogP contribution < -0.4 is 15.3 Å². The maximum absolute atomic E-state index is 7.15. The third kappa shape index (κ3) is 10.6. The van der Waals surface area contributed by atoms with Crippen LogP contribution in [0.5, 0.6) is 0 Å². The summed E-state index contributed by atoms with van der Waals surface area (Å²) >= 11 is 0. The van der Waals surface area contributed by atoms with E-state index in [0.717, 1.165) is 32.1 Å². The third-order valence-corrected chi connectivity index (χ3v) is 28.1. The van der Waals surface area contributed by atoms with Gasteiger partial charge in [0.2, 0.25) is 16.6 Å². The molecule has 0 radical (unpaired) electrons. The number of allylic oxidation sites excluding steroid dienone is 12. The van der Waals surface area contributed by atoms with Crippen LogP contribution >= 0.6 is 0 Å². The van der Waals surface area contributed by atoms with Crippen LogP contribution in [0.2, 0.25) is 39.3 Å². The molecule has 0 bridgehead atoms. The molecule has 388 valence electrons. The first-order valence-corrected chi connectivity index (χ1v) is 36.9. The first-order valence-electron chi connectivity index (χ1n) is 28.3. The number of anilines is 2. The van der Waals surface area contributed by atoms with Crippen LogP contribution in [0.4, 0.5) is 11.4 Å². The molecule has 0 spiro atoms. The maximum atomic E-state index is 7.15. The van der Waals surface area contributed by atoms with Gasteiger partial charge in [0.1, 0.15) is 0 Å². The Balaban J connectivity index is 0.663. The first-order chi connectivity index (χ1) is 37.9. The van der Waals surface area contributed by atoms with E-state index < -0.39 is 25.2 Å². The van der Waals surface area contributed by atoms with Gasteiger partial charge in [0.25, 0.3) is 0 Å². The molecular weight excluding hydrogens is 995 g/mol. The highest BCUT2D eigenvalue weighted by Gasteiger charge is 2.42. The van der Waals surface area contributed by atoms with Gasteiger partial charge < -0.3 is 13.1 Å². The van der Waals surface area contributed by atoms with Gasteiger partial charge in [0, 0.05) is 28.4 Å². The second kappa shape index (κ2) is 21.6. The van der Waals surface area contributed by atoms with Crippen molar-refractivity contribution in [3.8, 4) is 11.1 Å². The summed E-state index contributed by atoms with van der Waals surface area (Å²) in [4.78, 5) is 2.49. The molecule has 2 unspecified atom stereocenters. The summed E-state index contributed by atoms with van der Waals surface area (Å²) in [6.07, 6.45) is 33.3. The van der Waals surface area contributed by atoms with Crippen molar-refractivity contribution >= 4 is 82.4 Å². The van der Waals surface area contributed by atoms with Crippen molar-refractivity contribution in [1.29, 1.82) is 0 Å². The van der Waals surface area contributed by atoms with E-state index in [1.54, 1.807) is 0 Å². The van der Waals surface area contributed by atoms with Crippen LogP contribution in [0, 0.1) is 11.8 Å². The largest absolute Gasteiger partial charge is 0.433 e. The molecule has 7 aromatic rings. The van der Waals surface area contributed by atoms with Crippen LogP contribution in [-0.4, -0.2) is 25.2 Å². The van der Waals surface area contributed by atoms with E-state index >= 15 is 0 Å². The summed E-state index contributed by atoms with van der Waals surface area (Å²) in [6, 6.07) is 63.1. The van der Waals surface area contributed by atoms with Gasteiger partial charge in [0.15, 0.2) is 0 Å². The van der Waals surface area contributed by atoms with Crippen molar-refractivity contribution in [3.63, 3.8) is 0 Å². The molecule has 3 nitrogen and oxygen atoms in total. The number of nitrogens with zero attached hydrogens (tertiary/aromatic N) is 1. The lowest BCUT2D eigenvalue weighted by molar-refractivity contribution is 0.401. The van der Waals surface area contributed by atoms with Gasteiger partial charge in [0.05, 0.1) is 5.69 Å². The van der Waals surface area contributed by atoms with Gasteiger partial charge >= 0.3 is 8.56 Å². The number of hydrogen-bond acceptors (Lipinski definition) is 3. The minimum atomic E-state index is -2.53. The molecular formula is C72H71NO2Si3. The quantitative estimate of drug-likeness (QED) is 0.0848. The molecule has 3 atom stereocenters. The lowest BCUT2D eigenvalue weighted by atomic mass is 9.72. The Morgan fingerprint density at radius 2 is 1.04 bits per heavy atom. The van der Waals surface area contributed by atoms with Crippen LogP contribution in [0.25, 0.3) is 46.6 Å². The van der Waals surface area contributed by atoms with Crippen molar-refractivity contribution in [2.45, 2.75) is 77.3 Å². The fourth-order valence-corrected chi connectivity index (χ4v) is 26.3. The first kappa shape index (κ1) is 51.6. The minimum absolute atomic E-state index is 0.395. The predicted molar refractivity (Wildman–Crippen MR) is 340 cm³/mol. The predicted octanol–water partition coefficient (Wildman–Crippen LogP) is 18.0. The van der Waals surface area contributed by atoms with Gasteiger partial charge in [-0.3, -0.25) is 0 Å². The highest BCUT2D eigenvalue weighted by molar-refractivity contribution is 6.95. The molecule has 5 aliphatic rings. The molecule has 1 aliphatic heterocycles. The fraction of sp³-hybridized carbons (Fsp3) is 0.194. The average molecular weight is 1070 g/mol. The van der Waals surface area contributed by atoms with Crippen molar-refractivity contribution in [2.75, 3.05) is 4.90 Å². The summed E-state index contributed by atoms with van der Waals surface area (Å²) in [7, 11) is -7.13. The Bertz CT molecular complexity index is 3620. The van der Waals surface area contributed by atoms with Crippen molar-refractivity contribution < 1.29 is 8.23 Å². The molecule has 0 saturated heterocycles. The van der Waals surface area contributed by atoms with Gasteiger partial charge in [-0.15, -0.1) is 0 Å². The molecule has 78 heavy (non-hydrogen) atoms. The van der Waals surface area contributed by atoms with Crippen molar-refractivity contribution in [3.05, 3.63) is 274 Å². The molecule has 12 rings (SSSR count). The standard InChI is InChI=1S/C72H71NO2Si3/c1-76(2,58-47-41-54(42-48-58)33-31-52-35-37-56(38-36-52)51-70-66-25-13-9-21-62(66)60-19-7-8-20-61(60)63-22-10-14-26-67(63)70)74-78(5,6)75-77(3,4)59-49-43-55(44-50-59)34-32-53-39-45-57(46-40-53)73-71-29-17-15-27-68(71)64-23-11-12-24-65(64)69-28-16-18-30-72(69)73/h7-9,11-13,15-17,19-29,31-50,62,66,70H,10,14,18,30,51H2,1-6H3/b33-31+,34-32+/t62?,66-,70?/m0/s1. The van der Waals surface area contributed by atoms with E-state index in [0.29, 0.717) is 17.8 Å². The summed E-state index contributed by atoms with van der Waals surface area (Å²) in [5.74, 6) is 1.26. The van der Waals surface area contributed by atoms with Crippen molar-refractivity contribution in [1.82, 2.24) is 0 Å². The van der Waals surface area contributed by atoms with Crippen LogP contribution in [-0.2, 0) is 14.7 Å². The number of fused-ring (bicyclic) bond motifs is 9. The maximum Gasteiger partial charge on any atom is 0.311 e. The highest BCUT2D eigenvalue weighted by atomic mass is 28.5. The molecule has 6 heteroatoms. The summed E-state index contributed by atoms with van der Waals surface area (Å²) in [5, 5.41) is 2.55. The Hall–Kier alpha value is -7.17. The van der Waals surface area contributed by atoms with Gasteiger partial charge in [-0.25, -0.2) is 0 Å². The molecule has 0 amide bonds. The number of para-hydroxylation sites is 1.